The third kappa shape index (κ3) is 2.27. The number of rotatable bonds is 3. The standard InChI is InChI=1S/C16H11FN4S/c17-13-9-5-4-8-12(13)15-20-21-14(18-19-16(21)22-15)10-11-6-2-1-3-7-11/h1-9H,10H2. The summed E-state index contributed by atoms with van der Waals surface area (Å²) in [5.41, 5.74) is 1.63. The molecule has 6 heteroatoms. The average molecular weight is 310 g/mol. The van der Waals surface area contributed by atoms with E-state index in [0.29, 0.717) is 22.0 Å². The molecule has 0 aliphatic rings. The molecule has 0 amide bonds. The summed E-state index contributed by atoms with van der Waals surface area (Å²) in [6.45, 7) is 0. The Morgan fingerprint density at radius 2 is 1.73 bits per heavy atom. The molecule has 0 bridgehead atoms. The first-order valence-electron chi connectivity index (χ1n) is 6.81. The number of aromatic nitrogens is 4. The predicted octanol–water partition coefficient (Wildman–Crippen LogP) is 3.58. The van der Waals surface area contributed by atoms with E-state index in [9.17, 15) is 4.39 Å². The monoisotopic (exact) mass is 310 g/mol. The van der Waals surface area contributed by atoms with Crippen LogP contribution >= 0.6 is 11.3 Å². The smallest absolute Gasteiger partial charge is 0.206 e. The van der Waals surface area contributed by atoms with Crippen molar-refractivity contribution in [3.05, 3.63) is 71.8 Å². The molecule has 0 saturated carbocycles. The molecule has 0 radical (unpaired) electrons. The molecular formula is C16H11FN4S. The van der Waals surface area contributed by atoms with Crippen LogP contribution in [0, 0.1) is 5.82 Å². The second kappa shape index (κ2) is 5.31. The van der Waals surface area contributed by atoms with Crippen molar-refractivity contribution < 1.29 is 4.39 Å². The highest BCUT2D eigenvalue weighted by Gasteiger charge is 2.15. The molecule has 0 N–H and O–H groups in total. The highest BCUT2D eigenvalue weighted by Crippen LogP contribution is 2.27. The van der Waals surface area contributed by atoms with Gasteiger partial charge in [0.2, 0.25) is 4.96 Å². The maximum absolute atomic E-state index is 13.9. The fraction of sp³-hybridized carbons (Fsp3) is 0.0625. The molecule has 0 atom stereocenters. The fourth-order valence-corrected chi connectivity index (χ4v) is 3.17. The van der Waals surface area contributed by atoms with Crippen LogP contribution in [-0.2, 0) is 6.42 Å². The molecule has 2 heterocycles. The lowest BCUT2D eigenvalue weighted by atomic mass is 10.1. The number of benzene rings is 2. The van der Waals surface area contributed by atoms with Crippen LogP contribution in [0.5, 0.6) is 0 Å². The van der Waals surface area contributed by atoms with E-state index in [0.717, 1.165) is 11.4 Å². The second-order valence-electron chi connectivity index (χ2n) is 4.86. The third-order valence-corrected chi connectivity index (χ3v) is 4.30. The van der Waals surface area contributed by atoms with Gasteiger partial charge >= 0.3 is 0 Å². The predicted molar refractivity (Wildman–Crippen MR) is 83.3 cm³/mol. The van der Waals surface area contributed by atoms with Gasteiger partial charge in [-0.15, -0.1) is 10.2 Å². The minimum absolute atomic E-state index is 0.280. The zero-order valence-corrected chi connectivity index (χ0v) is 12.3. The van der Waals surface area contributed by atoms with Crippen molar-refractivity contribution in [2.45, 2.75) is 6.42 Å². The number of hydrogen-bond donors (Lipinski definition) is 0. The SMILES string of the molecule is Fc1ccccc1-c1nn2c(Cc3ccccc3)nnc2s1. The summed E-state index contributed by atoms with van der Waals surface area (Å²) < 4.78 is 15.6. The average Bonchev–Trinajstić information content (AvgIpc) is 3.11. The summed E-state index contributed by atoms with van der Waals surface area (Å²) in [4.78, 5) is 0.671. The van der Waals surface area contributed by atoms with Gasteiger partial charge in [0, 0.05) is 12.0 Å². The summed E-state index contributed by atoms with van der Waals surface area (Å²) in [5.74, 6) is 0.470. The van der Waals surface area contributed by atoms with E-state index in [1.54, 1.807) is 22.7 Å². The van der Waals surface area contributed by atoms with Crippen LogP contribution in [0.25, 0.3) is 15.5 Å². The van der Waals surface area contributed by atoms with Crippen molar-refractivity contribution in [1.82, 2.24) is 19.8 Å². The van der Waals surface area contributed by atoms with Gasteiger partial charge in [-0.2, -0.15) is 9.61 Å². The van der Waals surface area contributed by atoms with E-state index in [-0.39, 0.29) is 5.82 Å². The Balaban J connectivity index is 1.75. The minimum Gasteiger partial charge on any atom is -0.206 e. The van der Waals surface area contributed by atoms with Crippen molar-refractivity contribution in [2.24, 2.45) is 0 Å². The van der Waals surface area contributed by atoms with E-state index in [2.05, 4.69) is 15.3 Å². The Bertz CT molecular complexity index is 930. The molecule has 2 aromatic heterocycles. The van der Waals surface area contributed by atoms with Gasteiger partial charge in [-0.05, 0) is 17.7 Å². The quantitative estimate of drug-likeness (QED) is 0.581. The highest BCUT2D eigenvalue weighted by molar-refractivity contribution is 7.19. The topological polar surface area (TPSA) is 43.1 Å². The maximum Gasteiger partial charge on any atom is 0.234 e. The lowest BCUT2D eigenvalue weighted by Gasteiger charge is -1.98. The summed E-state index contributed by atoms with van der Waals surface area (Å²) in [6.07, 6.45) is 0.641. The molecule has 2 aromatic carbocycles. The number of nitrogens with zero attached hydrogens (tertiary/aromatic N) is 4. The Morgan fingerprint density at radius 3 is 2.55 bits per heavy atom. The van der Waals surface area contributed by atoms with Gasteiger partial charge < -0.3 is 0 Å². The molecule has 108 valence electrons. The fourth-order valence-electron chi connectivity index (χ4n) is 2.29. The minimum atomic E-state index is -0.280. The largest absolute Gasteiger partial charge is 0.234 e. The van der Waals surface area contributed by atoms with Gasteiger partial charge in [0.1, 0.15) is 5.82 Å². The van der Waals surface area contributed by atoms with Crippen LogP contribution in [0.1, 0.15) is 11.4 Å². The molecule has 0 fully saturated rings. The molecule has 0 aliphatic heterocycles. The van der Waals surface area contributed by atoms with Crippen molar-refractivity contribution >= 4 is 16.3 Å². The molecule has 22 heavy (non-hydrogen) atoms. The highest BCUT2D eigenvalue weighted by atomic mass is 32.1. The van der Waals surface area contributed by atoms with Crippen LogP contribution < -0.4 is 0 Å². The third-order valence-electron chi connectivity index (χ3n) is 3.36. The van der Waals surface area contributed by atoms with Crippen LogP contribution in [0.4, 0.5) is 4.39 Å². The van der Waals surface area contributed by atoms with Gasteiger partial charge in [0.25, 0.3) is 0 Å². The molecule has 0 aliphatic carbocycles. The number of halogens is 1. The Hall–Kier alpha value is -2.60. The Kier molecular flexibility index (Phi) is 3.16. The zero-order chi connectivity index (χ0) is 14.9. The maximum atomic E-state index is 13.9. The molecule has 0 spiro atoms. The second-order valence-corrected chi connectivity index (χ2v) is 5.82. The molecule has 4 rings (SSSR count). The van der Waals surface area contributed by atoms with Crippen molar-refractivity contribution in [3.63, 3.8) is 0 Å². The van der Waals surface area contributed by atoms with Crippen molar-refractivity contribution in [2.75, 3.05) is 0 Å². The Labute approximate surface area is 129 Å². The van der Waals surface area contributed by atoms with Crippen molar-refractivity contribution in [3.8, 4) is 10.6 Å². The van der Waals surface area contributed by atoms with Crippen LogP contribution in [0.3, 0.4) is 0 Å². The van der Waals surface area contributed by atoms with Crippen LogP contribution in [0.15, 0.2) is 54.6 Å². The van der Waals surface area contributed by atoms with Gasteiger partial charge in [-0.3, -0.25) is 0 Å². The summed E-state index contributed by atoms with van der Waals surface area (Å²) in [5, 5.41) is 13.4. The molecular weight excluding hydrogens is 299 g/mol. The summed E-state index contributed by atoms with van der Waals surface area (Å²) >= 11 is 1.33. The summed E-state index contributed by atoms with van der Waals surface area (Å²) in [7, 11) is 0. The summed E-state index contributed by atoms with van der Waals surface area (Å²) in [6, 6.07) is 16.6. The first kappa shape index (κ1) is 13.1. The van der Waals surface area contributed by atoms with E-state index in [1.807, 2.05) is 30.3 Å². The first-order valence-corrected chi connectivity index (χ1v) is 7.63. The molecule has 4 aromatic rings. The zero-order valence-electron chi connectivity index (χ0n) is 11.5. The van der Waals surface area contributed by atoms with Gasteiger partial charge in [0.15, 0.2) is 10.8 Å². The van der Waals surface area contributed by atoms with E-state index >= 15 is 0 Å². The molecule has 0 unspecified atom stereocenters. The van der Waals surface area contributed by atoms with E-state index < -0.39 is 0 Å². The normalized spacial score (nSPS) is 11.1. The first-order chi connectivity index (χ1) is 10.8. The van der Waals surface area contributed by atoms with E-state index in [1.165, 1.54) is 17.4 Å². The van der Waals surface area contributed by atoms with Crippen molar-refractivity contribution in [1.29, 1.82) is 0 Å². The molecule has 0 saturated heterocycles. The van der Waals surface area contributed by atoms with Gasteiger partial charge in [0.05, 0.1) is 0 Å². The van der Waals surface area contributed by atoms with Gasteiger partial charge in [-0.1, -0.05) is 53.8 Å². The van der Waals surface area contributed by atoms with Gasteiger partial charge in [-0.25, -0.2) is 4.39 Å². The number of fused-ring (bicyclic) bond motifs is 1. The lowest BCUT2D eigenvalue weighted by Crippen LogP contribution is -1.97. The van der Waals surface area contributed by atoms with Crippen LogP contribution in [0.2, 0.25) is 0 Å². The lowest BCUT2D eigenvalue weighted by molar-refractivity contribution is 0.630. The van der Waals surface area contributed by atoms with E-state index in [4.69, 9.17) is 0 Å². The number of hydrogen-bond acceptors (Lipinski definition) is 4. The Morgan fingerprint density at radius 1 is 0.955 bits per heavy atom. The molecule has 4 nitrogen and oxygen atoms in total. The van der Waals surface area contributed by atoms with Crippen LogP contribution in [-0.4, -0.2) is 19.8 Å².